The molecule has 2 aromatic rings. The Morgan fingerprint density at radius 3 is 2.13 bits per heavy atom. The summed E-state index contributed by atoms with van der Waals surface area (Å²) in [5.41, 5.74) is 2.04. The molecule has 2 aromatic carbocycles. The molecule has 0 spiro atoms. The maximum Gasteiger partial charge on any atom is 0.415 e. The summed E-state index contributed by atoms with van der Waals surface area (Å²) >= 11 is 0. The summed E-state index contributed by atoms with van der Waals surface area (Å²) in [6, 6.07) is 18.2. The molecule has 1 aliphatic heterocycles. The second-order valence-electron chi connectivity index (χ2n) is 12.2. The highest BCUT2D eigenvalue weighted by molar-refractivity contribution is 5.76. The highest BCUT2D eigenvalue weighted by Crippen LogP contribution is 2.56. The third-order valence-corrected chi connectivity index (χ3v) is 9.32. The first kappa shape index (κ1) is 26.7. The van der Waals surface area contributed by atoms with E-state index in [1.54, 1.807) is 4.90 Å². The van der Waals surface area contributed by atoms with Crippen LogP contribution in [0.5, 0.6) is 5.75 Å². The van der Waals surface area contributed by atoms with Gasteiger partial charge in [0.1, 0.15) is 12.4 Å². The Balaban J connectivity index is 1.21. The van der Waals surface area contributed by atoms with Crippen LogP contribution in [0, 0.1) is 17.3 Å². The largest absolute Gasteiger partial charge is 0.460 e. The summed E-state index contributed by atoms with van der Waals surface area (Å²) in [6.07, 6.45) is 5.95. The van der Waals surface area contributed by atoms with Crippen LogP contribution < -0.4 is 4.74 Å². The summed E-state index contributed by atoms with van der Waals surface area (Å²) in [6.45, 7) is 7.90. The zero-order valence-electron chi connectivity index (χ0n) is 23.2. The van der Waals surface area contributed by atoms with Gasteiger partial charge in [-0.25, -0.2) is 4.79 Å². The predicted molar refractivity (Wildman–Crippen MR) is 148 cm³/mol. The number of benzene rings is 2. The number of piperazine rings is 1. The van der Waals surface area contributed by atoms with Crippen molar-refractivity contribution < 1.29 is 19.1 Å². The van der Waals surface area contributed by atoms with E-state index in [1.165, 1.54) is 12.0 Å². The van der Waals surface area contributed by atoms with Crippen molar-refractivity contribution in [3.05, 3.63) is 65.7 Å². The highest BCUT2D eigenvalue weighted by Gasteiger charge is 2.50. The van der Waals surface area contributed by atoms with Crippen LogP contribution in [-0.4, -0.2) is 55.1 Å². The van der Waals surface area contributed by atoms with Crippen LogP contribution in [0.25, 0.3) is 0 Å². The van der Waals surface area contributed by atoms with Gasteiger partial charge in [-0.15, -0.1) is 0 Å². The standard InChI is InChI=1S/C32H42N2O4/c1-4-32(27-10-12-28(13-11-27)38-30(36)34-16-14-33(3)15-17-34)21-25-18-26(22-32)20-31(2,19-25)29(35)37-23-24-8-6-5-7-9-24/h5-13,25-26H,4,14-23H2,1-3H3. The molecular weight excluding hydrogens is 476 g/mol. The lowest BCUT2D eigenvalue weighted by molar-refractivity contribution is -0.162. The Labute approximate surface area is 227 Å². The van der Waals surface area contributed by atoms with Crippen molar-refractivity contribution in [3.8, 4) is 5.75 Å². The lowest BCUT2D eigenvalue weighted by atomic mass is 9.53. The molecule has 3 aliphatic rings. The van der Waals surface area contributed by atoms with Crippen LogP contribution in [0.4, 0.5) is 4.79 Å². The molecule has 6 heteroatoms. The Morgan fingerprint density at radius 2 is 1.53 bits per heavy atom. The van der Waals surface area contributed by atoms with Crippen LogP contribution >= 0.6 is 0 Å². The molecule has 3 fully saturated rings. The Hall–Kier alpha value is -2.86. The lowest BCUT2D eigenvalue weighted by Crippen LogP contribution is -2.48. The average Bonchev–Trinajstić information content (AvgIpc) is 2.92. The first-order valence-corrected chi connectivity index (χ1v) is 14.3. The van der Waals surface area contributed by atoms with Crippen LogP contribution in [0.2, 0.25) is 0 Å². The summed E-state index contributed by atoms with van der Waals surface area (Å²) in [7, 11) is 2.07. The topological polar surface area (TPSA) is 59.1 Å². The number of esters is 1. The number of rotatable bonds is 6. The summed E-state index contributed by atoms with van der Waals surface area (Å²) in [5, 5.41) is 0. The molecule has 2 aliphatic carbocycles. The van der Waals surface area contributed by atoms with Gasteiger partial charge in [0.25, 0.3) is 0 Å². The molecular formula is C32H42N2O4. The van der Waals surface area contributed by atoms with E-state index >= 15 is 0 Å². The Bertz CT molecular complexity index is 1090. The zero-order valence-corrected chi connectivity index (χ0v) is 23.2. The zero-order chi connectivity index (χ0) is 26.8. The van der Waals surface area contributed by atoms with Gasteiger partial charge in [-0.3, -0.25) is 4.79 Å². The number of amides is 1. The average molecular weight is 519 g/mol. The van der Waals surface area contributed by atoms with Crippen LogP contribution in [-0.2, 0) is 21.6 Å². The molecule has 0 radical (unpaired) electrons. The maximum absolute atomic E-state index is 13.2. The molecule has 5 rings (SSSR count). The quantitative estimate of drug-likeness (QED) is 0.437. The van der Waals surface area contributed by atoms with E-state index in [1.807, 2.05) is 42.5 Å². The van der Waals surface area contributed by atoms with Crippen molar-refractivity contribution in [1.82, 2.24) is 9.80 Å². The van der Waals surface area contributed by atoms with Crippen LogP contribution in [0.15, 0.2) is 54.6 Å². The second-order valence-corrected chi connectivity index (χ2v) is 12.2. The minimum absolute atomic E-state index is 0.0495. The highest BCUT2D eigenvalue weighted by atomic mass is 16.6. The Kier molecular flexibility index (Phi) is 7.80. The van der Waals surface area contributed by atoms with E-state index in [0.717, 1.165) is 50.8 Å². The summed E-state index contributed by atoms with van der Waals surface area (Å²) < 4.78 is 11.5. The molecule has 1 heterocycles. The fourth-order valence-corrected chi connectivity index (χ4v) is 7.32. The van der Waals surface area contributed by atoms with Gasteiger partial charge in [0.2, 0.25) is 0 Å². The van der Waals surface area contributed by atoms with Gasteiger partial charge >= 0.3 is 12.1 Å². The van der Waals surface area contributed by atoms with Gasteiger partial charge < -0.3 is 19.3 Å². The molecule has 0 aromatic heterocycles. The number of carbonyl (C=O) groups is 2. The molecule has 204 valence electrons. The smallest absolute Gasteiger partial charge is 0.415 e. The predicted octanol–water partition coefficient (Wildman–Crippen LogP) is 6.04. The third-order valence-electron chi connectivity index (χ3n) is 9.32. The minimum atomic E-state index is -0.413. The van der Waals surface area contributed by atoms with E-state index in [4.69, 9.17) is 9.47 Å². The van der Waals surface area contributed by atoms with E-state index in [9.17, 15) is 9.59 Å². The van der Waals surface area contributed by atoms with E-state index in [2.05, 4.69) is 37.9 Å². The van der Waals surface area contributed by atoms with Gasteiger partial charge in [0.05, 0.1) is 5.41 Å². The minimum Gasteiger partial charge on any atom is -0.460 e. The van der Waals surface area contributed by atoms with E-state index in [0.29, 0.717) is 37.3 Å². The van der Waals surface area contributed by atoms with E-state index in [-0.39, 0.29) is 17.5 Å². The van der Waals surface area contributed by atoms with Crippen molar-refractivity contribution in [3.63, 3.8) is 0 Å². The molecule has 1 amide bonds. The third kappa shape index (κ3) is 5.75. The van der Waals surface area contributed by atoms with Crippen LogP contribution in [0.3, 0.4) is 0 Å². The number of hydrogen-bond acceptors (Lipinski definition) is 5. The summed E-state index contributed by atoms with van der Waals surface area (Å²) in [4.78, 5) is 29.8. The van der Waals surface area contributed by atoms with Gasteiger partial charge in [-0.05, 0) is 93.0 Å². The maximum atomic E-state index is 13.2. The van der Waals surface area contributed by atoms with Gasteiger partial charge in [-0.2, -0.15) is 0 Å². The number of fused-ring (bicyclic) bond motifs is 2. The van der Waals surface area contributed by atoms with Crippen molar-refractivity contribution in [1.29, 1.82) is 0 Å². The first-order chi connectivity index (χ1) is 18.3. The molecule has 6 nitrogen and oxygen atoms in total. The SMILES string of the molecule is CCC1(c2ccc(OC(=O)N3CCN(C)CC3)cc2)CC2CC(CC(C)(C(=O)OCc3ccccc3)C2)C1. The van der Waals surface area contributed by atoms with Gasteiger partial charge in [0.15, 0.2) is 0 Å². The number of hydrogen-bond donors (Lipinski definition) is 0. The molecule has 38 heavy (non-hydrogen) atoms. The van der Waals surface area contributed by atoms with Crippen molar-refractivity contribution >= 4 is 12.1 Å². The second kappa shape index (κ2) is 11.1. The summed E-state index contributed by atoms with van der Waals surface area (Å²) in [5.74, 6) is 1.57. The Morgan fingerprint density at radius 1 is 0.895 bits per heavy atom. The van der Waals surface area contributed by atoms with Crippen molar-refractivity contribution in [2.24, 2.45) is 17.3 Å². The molecule has 2 saturated carbocycles. The van der Waals surface area contributed by atoms with Crippen molar-refractivity contribution in [2.75, 3.05) is 33.2 Å². The van der Waals surface area contributed by atoms with Gasteiger partial charge in [-0.1, -0.05) is 49.4 Å². The fraction of sp³-hybridized carbons (Fsp3) is 0.562. The molecule has 2 bridgehead atoms. The number of likely N-dealkylation sites (N-methyl/N-ethyl adjacent to an activating group) is 1. The lowest BCUT2D eigenvalue weighted by Gasteiger charge is -2.51. The molecule has 0 N–H and O–H groups in total. The molecule has 2 atom stereocenters. The molecule has 2 unspecified atom stereocenters. The first-order valence-electron chi connectivity index (χ1n) is 14.3. The number of carbonyl (C=O) groups excluding carboxylic acids is 2. The van der Waals surface area contributed by atoms with E-state index < -0.39 is 5.41 Å². The van der Waals surface area contributed by atoms with Crippen LogP contribution in [0.1, 0.15) is 63.5 Å². The number of nitrogens with zero attached hydrogens (tertiary/aromatic N) is 2. The number of ether oxygens (including phenoxy) is 2. The molecule has 1 saturated heterocycles. The normalized spacial score (nSPS) is 29.5. The fourth-order valence-electron chi connectivity index (χ4n) is 7.32. The van der Waals surface area contributed by atoms with Crippen molar-refractivity contribution in [2.45, 2.75) is 64.4 Å². The monoisotopic (exact) mass is 518 g/mol. The van der Waals surface area contributed by atoms with Gasteiger partial charge in [0, 0.05) is 26.2 Å².